The van der Waals surface area contributed by atoms with Crippen LogP contribution in [0, 0.1) is 0 Å². The topological polar surface area (TPSA) is 119 Å². The van der Waals surface area contributed by atoms with E-state index in [1.807, 2.05) is 20.8 Å². The van der Waals surface area contributed by atoms with Crippen molar-refractivity contribution in [3.05, 3.63) is 65.0 Å². The fourth-order valence-electron chi connectivity index (χ4n) is 3.56. The first kappa shape index (κ1) is 26.7. The van der Waals surface area contributed by atoms with Gasteiger partial charge in [0, 0.05) is 49.3 Å². The SMILES string of the molecule is COc1cc2nccc(Oc3ccc(NC(=O)Nc4cc(C(C)(C)C)on4)c(Cl)c3)c2cc1C(=O)N(C)C. The van der Waals surface area contributed by atoms with Crippen LogP contribution in [-0.2, 0) is 5.41 Å². The lowest BCUT2D eigenvalue weighted by Gasteiger charge is -2.16. The number of rotatable bonds is 6. The quantitative estimate of drug-likeness (QED) is 0.295. The maximum Gasteiger partial charge on any atom is 0.324 e. The third-order valence-corrected chi connectivity index (χ3v) is 5.88. The summed E-state index contributed by atoms with van der Waals surface area (Å²) >= 11 is 6.43. The van der Waals surface area contributed by atoms with Gasteiger partial charge in [0.2, 0.25) is 0 Å². The molecule has 0 atom stereocenters. The molecule has 0 spiro atoms. The van der Waals surface area contributed by atoms with Gasteiger partial charge < -0.3 is 24.2 Å². The zero-order chi connectivity index (χ0) is 27.6. The summed E-state index contributed by atoms with van der Waals surface area (Å²) in [5.41, 5.74) is 1.11. The zero-order valence-electron chi connectivity index (χ0n) is 21.9. The van der Waals surface area contributed by atoms with Crippen LogP contribution in [0.25, 0.3) is 10.9 Å². The van der Waals surface area contributed by atoms with Crippen molar-refractivity contribution in [2.24, 2.45) is 0 Å². The molecule has 38 heavy (non-hydrogen) atoms. The van der Waals surface area contributed by atoms with Gasteiger partial charge in [-0.3, -0.25) is 15.1 Å². The molecule has 0 aliphatic rings. The minimum atomic E-state index is -0.526. The highest BCUT2D eigenvalue weighted by Crippen LogP contribution is 2.35. The van der Waals surface area contributed by atoms with Crippen molar-refractivity contribution in [2.75, 3.05) is 31.8 Å². The van der Waals surface area contributed by atoms with E-state index in [1.54, 1.807) is 62.8 Å². The fraction of sp³-hybridized carbons (Fsp3) is 0.259. The largest absolute Gasteiger partial charge is 0.496 e. The molecule has 3 amide bonds. The smallest absolute Gasteiger partial charge is 0.324 e. The fourth-order valence-corrected chi connectivity index (χ4v) is 3.78. The van der Waals surface area contributed by atoms with E-state index >= 15 is 0 Å². The molecule has 2 N–H and O–H groups in total. The van der Waals surface area contributed by atoms with Gasteiger partial charge in [0.1, 0.15) is 23.0 Å². The van der Waals surface area contributed by atoms with Gasteiger partial charge in [-0.1, -0.05) is 37.5 Å². The number of methoxy groups -OCH3 is 1. The number of carbonyl (C=O) groups excluding carboxylic acids is 2. The number of fused-ring (bicyclic) bond motifs is 1. The number of pyridine rings is 1. The van der Waals surface area contributed by atoms with Crippen molar-refractivity contribution in [2.45, 2.75) is 26.2 Å². The number of urea groups is 1. The summed E-state index contributed by atoms with van der Waals surface area (Å²) in [6.07, 6.45) is 1.60. The van der Waals surface area contributed by atoms with Gasteiger partial charge in [0.25, 0.3) is 5.91 Å². The van der Waals surface area contributed by atoms with Crippen molar-refractivity contribution < 1.29 is 23.6 Å². The maximum absolute atomic E-state index is 12.7. The van der Waals surface area contributed by atoms with Gasteiger partial charge in [-0.05, 0) is 24.3 Å². The first-order valence-electron chi connectivity index (χ1n) is 11.7. The number of halogens is 1. The molecule has 10 nitrogen and oxygen atoms in total. The molecule has 4 aromatic rings. The Morgan fingerprint density at radius 2 is 1.79 bits per heavy atom. The number of benzene rings is 2. The number of amides is 3. The number of aromatic nitrogens is 2. The average molecular weight is 538 g/mol. The van der Waals surface area contributed by atoms with Crippen molar-refractivity contribution in [3.63, 3.8) is 0 Å². The number of carbonyl (C=O) groups is 2. The number of hydrogen-bond donors (Lipinski definition) is 2. The lowest BCUT2D eigenvalue weighted by molar-refractivity contribution is 0.0824. The minimum Gasteiger partial charge on any atom is -0.496 e. The highest BCUT2D eigenvalue weighted by Gasteiger charge is 2.21. The van der Waals surface area contributed by atoms with Crippen LogP contribution in [0.4, 0.5) is 16.3 Å². The van der Waals surface area contributed by atoms with Gasteiger partial charge in [-0.15, -0.1) is 0 Å². The Labute approximate surface area is 224 Å². The van der Waals surface area contributed by atoms with Crippen molar-refractivity contribution in [1.82, 2.24) is 15.0 Å². The van der Waals surface area contributed by atoms with E-state index in [0.717, 1.165) is 0 Å². The molecule has 0 saturated heterocycles. The Hall–Kier alpha value is -4.31. The third kappa shape index (κ3) is 5.81. The summed E-state index contributed by atoms with van der Waals surface area (Å²) in [4.78, 5) is 31.0. The molecule has 0 aliphatic carbocycles. The molecule has 0 aliphatic heterocycles. The standard InChI is InChI=1S/C27H28ClN5O5/c1-27(2,3)23-14-24(32-38-23)31-26(35)30-19-8-7-15(11-18(19)28)37-21-9-10-29-20-13-22(36-6)17(12-16(20)21)25(34)33(4)5/h7-14H,1-6H3,(H2,30,31,32,35). The number of nitrogens with zero attached hydrogens (tertiary/aromatic N) is 3. The highest BCUT2D eigenvalue weighted by atomic mass is 35.5. The third-order valence-electron chi connectivity index (χ3n) is 5.57. The lowest BCUT2D eigenvalue weighted by Crippen LogP contribution is -2.22. The molecule has 2 heterocycles. The number of ether oxygens (including phenoxy) is 2. The molecule has 0 unspecified atom stereocenters. The summed E-state index contributed by atoms with van der Waals surface area (Å²) in [5, 5.41) is 10.1. The lowest BCUT2D eigenvalue weighted by atomic mass is 9.93. The Bertz CT molecular complexity index is 1510. The molecule has 0 bridgehead atoms. The summed E-state index contributed by atoms with van der Waals surface area (Å²) in [6, 6.07) is 11.1. The molecule has 0 saturated carbocycles. The van der Waals surface area contributed by atoms with Gasteiger partial charge >= 0.3 is 6.03 Å². The van der Waals surface area contributed by atoms with Gasteiger partial charge in [-0.25, -0.2) is 4.79 Å². The van der Waals surface area contributed by atoms with E-state index < -0.39 is 6.03 Å². The summed E-state index contributed by atoms with van der Waals surface area (Å²) in [6.45, 7) is 5.94. The molecule has 198 valence electrons. The van der Waals surface area contributed by atoms with Crippen LogP contribution >= 0.6 is 11.6 Å². The molecule has 2 aromatic heterocycles. The van der Waals surface area contributed by atoms with E-state index in [4.69, 9.17) is 25.6 Å². The normalized spacial score (nSPS) is 11.2. The molecule has 4 rings (SSSR count). The van der Waals surface area contributed by atoms with Crippen LogP contribution in [0.2, 0.25) is 5.02 Å². The summed E-state index contributed by atoms with van der Waals surface area (Å²) < 4.78 is 16.8. The second-order valence-corrected chi connectivity index (χ2v) is 10.1. The molecule has 2 aromatic carbocycles. The van der Waals surface area contributed by atoms with Crippen molar-refractivity contribution in [3.8, 4) is 17.2 Å². The minimum absolute atomic E-state index is 0.212. The molecule has 0 radical (unpaired) electrons. The predicted molar refractivity (Wildman–Crippen MR) is 146 cm³/mol. The van der Waals surface area contributed by atoms with E-state index in [-0.39, 0.29) is 22.2 Å². The first-order chi connectivity index (χ1) is 18.0. The number of anilines is 2. The molecular formula is C27H28ClN5O5. The second kappa shape index (κ2) is 10.6. The zero-order valence-corrected chi connectivity index (χ0v) is 22.6. The Balaban J connectivity index is 1.53. The average Bonchev–Trinajstić information content (AvgIpc) is 3.33. The maximum atomic E-state index is 12.7. The monoisotopic (exact) mass is 537 g/mol. The van der Waals surface area contributed by atoms with Crippen molar-refractivity contribution in [1.29, 1.82) is 0 Å². The van der Waals surface area contributed by atoms with Crippen LogP contribution in [0.3, 0.4) is 0 Å². The summed E-state index contributed by atoms with van der Waals surface area (Å²) in [7, 11) is 4.83. The van der Waals surface area contributed by atoms with Crippen molar-refractivity contribution >= 4 is 45.9 Å². The molecule has 11 heteroatoms. The molecule has 0 fully saturated rings. The highest BCUT2D eigenvalue weighted by molar-refractivity contribution is 6.34. The Kier molecular flexibility index (Phi) is 7.45. The van der Waals surface area contributed by atoms with Crippen LogP contribution < -0.4 is 20.1 Å². The van der Waals surface area contributed by atoms with Crippen LogP contribution in [0.15, 0.2) is 53.2 Å². The van der Waals surface area contributed by atoms with Crippen LogP contribution in [-0.4, -0.2) is 48.2 Å². The number of nitrogens with one attached hydrogen (secondary N) is 2. The van der Waals surface area contributed by atoms with Crippen LogP contribution in [0.1, 0.15) is 36.9 Å². The van der Waals surface area contributed by atoms with E-state index in [9.17, 15) is 9.59 Å². The van der Waals surface area contributed by atoms with E-state index in [1.165, 1.54) is 12.0 Å². The second-order valence-electron chi connectivity index (χ2n) is 9.73. The van der Waals surface area contributed by atoms with Crippen LogP contribution in [0.5, 0.6) is 17.2 Å². The predicted octanol–water partition coefficient (Wildman–Crippen LogP) is 6.32. The Morgan fingerprint density at radius 3 is 2.42 bits per heavy atom. The van der Waals surface area contributed by atoms with Gasteiger partial charge in [-0.2, -0.15) is 0 Å². The van der Waals surface area contributed by atoms with Gasteiger partial charge in [0.05, 0.1) is 28.9 Å². The first-order valence-corrected chi connectivity index (χ1v) is 12.0. The number of hydrogen-bond acceptors (Lipinski definition) is 7. The van der Waals surface area contributed by atoms with E-state index in [2.05, 4.69) is 20.8 Å². The summed E-state index contributed by atoms with van der Waals surface area (Å²) in [5.74, 6) is 2.04. The molecular weight excluding hydrogens is 510 g/mol. The van der Waals surface area contributed by atoms with Gasteiger partial charge in [0.15, 0.2) is 5.82 Å². The Morgan fingerprint density at radius 1 is 1.03 bits per heavy atom. The van der Waals surface area contributed by atoms with E-state index in [0.29, 0.717) is 45.2 Å².